The third kappa shape index (κ3) is 4.18. The molecule has 2 amide bonds. The summed E-state index contributed by atoms with van der Waals surface area (Å²) < 4.78 is 0. The molecule has 150 valence electrons. The van der Waals surface area contributed by atoms with Crippen molar-refractivity contribution in [3.8, 4) is 0 Å². The highest BCUT2D eigenvalue weighted by Crippen LogP contribution is 2.41. The molecule has 1 aromatic heterocycles. The first-order valence-corrected chi connectivity index (χ1v) is 9.38. The molecule has 0 radical (unpaired) electrons. The monoisotopic (exact) mass is 393 g/mol. The Bertz CT molecular complexity index is 965. The summed E-state index contributed by atoms with van der Waals surface area (Å²) in [6.07, 6.45) is 1.79. The van der Waals surface area contributed by atoms with Crippen molar-refractivity contribution in [2.24, 2.45) is 5.92 Å². The third-order valence-corrected chi connectivity index (χ3v) is 4.54. The van der Waals surface area contributed by atoms with Crippen LogP contribution in [0.1, 0.15) is 38.9 Å². The smallest absolute Gasteiger partial charge is 0.294 e. The number of nitrogens with one attached hydrogen (secondary N) is 1. The van der Waals surface area contributed by atoms with Crippen LogP contribution in [0.2, 0.25) is 0 Å². The average molecular weight is 393 g/mol. The number of aliphatic hydroxyl groups is 1. The number of ketones is 1. The van der Waals surface area contributed by atoms with Crippen LogP contribution in [0.5, 0.6) is 0 Å². The Balaban J connectivity index is 2.05. The molecular weight excluding hydrogens is 370 g/mol. The Kier molecular flexibility index (Phi) is 5.77. The van der Waals surface area contributed by atoms with Gasteiger partial charge in [0.15, 0.2) is 11.5 Å². The van der Waals surface area contributed by atoms with E-state index in [4.69, 9.17) is 0 Å². The lowest BCUT2D eigenvalue weighted by atomic mass is 9.94. The van der Waals surface area contributed by atoms with E-state index in [1.807, 2.05) is 13.8 Å². The second-order valence-electron chi connectivity index (χ2n) is 7.34. The predicted octanol–water partition coefficient (Wildman–Crippen LogP) is 3.56. The number of hydrogen-bond acceptors (Lipinski definition) is 5. The largest absolute Gasteiger partial charge is 0.503 e. The van der Waals surface area contributed by atoms with Crippen molar-refractivity contribution < 1.29 is 19.5 Å². The summed E-state index contributed by atoms with van der Waals surface area (Å²) in [4.78, 5) is 42.7. The Morgan fingerprint density at radius 3 is 2.41 bits per heavy atom. The topological polar surface area (TPSA) is 99.6 Å². The molecule has 0 fully saturated rings. The van der Waals surface area contributed by atoms with Crippen molar-refractivity contribution in [1.29, 1.82) is 0 Å². The number of hydrogen-bond donors (Lipinski definition) is 2. The molecular formula is C22H23N3O4. The van der Waals surface area contributed by atoms with Crippen LogP contribution < -0.4 is 10.2 Å². The number of nitrogens with zero attached hydrogens (tertiary/aromatic N) is 2. The van der Waals surface area contributed by atoms with Crippen LogP contribution in [-0.4, -0.2) is 27.7 Å². The predicted molar refractivity (Wildman–Crippen MR) is 109 cm³/mol. The van der Waals surface area contributed by atoms with E-state index in [1.54, 1.807) is 48.7 Å². The first kappa shape index (κ1) is 20.3. The van der Waals surface area contributed by atoms with Crippen LogP contribution in [-0.2, 0) is 14.4 Å². The van der Waals surface area contributed by atoms with E-state index in [2.05, 4.69) is 10.3 Å². The van der Waals surface area contributed by atoms with E-state index in [1.165, 1.54) is 11.8 Å². The standard InChI is InChI=1S/C22H23N3O4/c1-13(2)12-18(27)19-20(17-6-4-5-11-23-17)25(22(29)21(19)28)16-9-7-15(8-10-16)24-14(3)26/h4-11,13,20,28H,12H2,1-3H3,(H,24,26). The first-order chi connectivity index (χ1) is 13.8. The molecule has 2 aromatic rings. The fourth-order valence-electron chi connectivity index (χ4n) is 3.36. The normalized spacial score (nSPS) is 16.5. The summed E-state index contributed by atoms with van der Waals surface area (Å²) in [6, 6.07) is 11.0. The number of Topliss-reactive ketones (excluding diaryl/α,β-unsaturated/α-hetero) is 1. The van der Waals surface area contributed by atoms with Gasteiger partial charge in [0.05, 0.1) is 11.3 Å². The minimum absolute atomic E-state index is 0.0633. The molecule has 2 heterocycles. The zero-order chi connectivity index (χ0) is 21.1. The number of benzene rings is 1. The van der Waals surface area contributed by atoms with Gasteiger partial charge in [-0.3, -0.25) is 24.3 Å². The molecule has 3 rings (SSSR count). The highest BCUT2D eigenvalue weighted by Gasteiger charge is 2.44. The quantitative estimate of drug-likeness (QED) is 0.782. The second-order valence-corrected chi connectivity index (χ2v) is 7.34. The number of carbonyl (C=O) groups is 3. The van der Waals surface area contributed by atoms with Gasteiger partial charge in [0.25, 0.3) is 5.91 Å². The number of pyridine rings is 1. The molecule has 7 heteroatoms. The minimum atomic E-state index is -0.818. The average Bonchev–Trinajstić information content (AvgIpc) is 2.93. The van der Waals surface area contributed by atoms with Crippen LogP contribution in [0.4, 0.5) is 11.4 Å². The molecule has 1 aromatic carbocycles. The molecule has 0 aliphatic carbocycles. The summed E-state index contributed by atoms with van der Waals surface area (Å²) in [7, 11) is 0. The van der Waals surface area contributed by atoms with Gasteiger partial charge >= 0.3 is 0 Å². The second kappa shape index (κ2) is 8.26. The van der Waals surface area contributed by atoms with Crippen molar-refractivity contribution in [3.05, 3.63) is 65.7 Å². The van der Waals surface area contributed by atoms with E-state index in [0.29, 0.717) is 17.1 Å². The highest BCUT2D eigenvalue weighted by molar-refractivity contribution is 6.16. The molecule has 0 spiro atoms. The van der Waals surface area contributed by atoms with Gasteiger partial charge in [-0.1, -0.05) is 19.9 Å². The summed E-state index contributed by atoms with van der Waals surface area (Å²) in [6.45, 7) is 5.21. The molecule has 1 atom stereocenters. The van der Waals surface area contributed by atoms with Crippen LogP contribution in [0.25, 0.3) is 0 Å². The molecule has 29 heavy (non-hydrogen) atoms. The van der Waals surface area contributed by atoms with Crippen molar-refractivity contribution in [3.63, 3.8) is 0 Å². The number of anilines is 2. The van der Waals surface area contributed by atoms with E-state index in [-0.39, 0.29) is 29.6 Å². The van der Waals surface area contributed by atoms with E-state index >= 15 is 0 Å². The molecule has 1 aliphatic heterocycles. The van der Waals surface area contributed by atoms with Gasteiger partial charge in [-0.05, 0) is 42.3 Å². The van der Waals surface area contributed by atoms with Crippen LogP contribution in [0.15, 0.2) is 60.0 Å². The van der Waals surface area contributed by atoms with Gasteiger partial charge in [-0.2, -0.15) is 0 Å². The first-order valence-electron chi connectivity index (χ1n) is 9.38. The maximum absolute atomic E-state index is 12.9. The lowest BCUT2D eigenvalue weighted by Gasteiger charge is -2.26. The maximum Gasteiger partial charge on any atom is 0.294 e. The lowest BCUT2D eigenvalue weighted by Crippen LogP contribution is -2.31. The maximum atomic E-state index is 12.9. The fraction of sp³-hybridized carbons (Fsp3) is 0.273. The lowest BCUT2D eigenvalue weighted by molar-refractivity contribution is -0.118. The molecule has 0 saturated heterocycles. The Morgan fingerprint density at radius 1 is 1.17 bits per heavy atom. The van der Waals surface area contributed by atoms with Gasteiger partial charge in [0, 0.05) is 30.9 Å². The molecule has 7 nitrogen and oxygen atoms in total. The minimum Gasteiger partial charge on any atom is -0.503 e. The molecule has 2 N–H and O–H groups in total. The van der Waals surface area contributed by atoms with Gasteiger partial charge in [-0.25, -0.2) is 0 Å². The number of aromatic nitrogens is 1. The van der Waals surface area contributed by atoms with E-state index in [0.717, 1.165) is 0 Å². The van der Waals surface area contributed by atoms with Gasteiger partial charge in [0.1, 0.15) is 6.04 Å². The van der Waals surface area contributed by atoms with Crippen LogP contribution >= 0.6 is 0 Å². The third-order valence-electron chi connectivity index (χ3n) is 4.54. The number of carbonyl (C=O) groups excluding carboxylic acids is 3. The molecule has 0 saturated carbocycles. The van der Waals surface area contributed by atoms with Crippen molar-refractivity contribution in [2.75, 3.05) is 10.2 Å². The van der Waals surface area contributed by atoms with Gasteiger partial charge in [-0.15, -0.1) is 0 Å². The number of aliphatic hydroxyl groups excluding tert-OH is 1. The van der Waals surface area contributed by atoms with Gasteiger partial charge in [0.2, 0.25) is 5.91 Å². The van der Waals surface area contributed by atoms with E-state index < -0.39 is 17.7 Å². The van der Waals surface area contributed by atoms with Gasteiger partial charge < -0.3 is 10.4 Å². The van der Waals surface area contributed by atoms with Crippen molar-refractivity contribution >= 4 is 29.0 Å². The fourth-order valence-corrected chi connectivity index (χ4v) is 3.36. The zero-order valence-corrected chi connectivity index (χ0v) is 16.5. The zero-order valence-electron chi connectivity index (χ0n) is 16.5. The highest BCUT2D eigenvalue weighted by atomic mass is 16.3. The summed E-state index contributed by atoms with van der Waals surface area (Å²) in [5.74, 6) is -1.60. The molecule has 1 aliphatic rings. The SMILES string of the molecule is CC(=O)Nc1ccc(N2C(=O)C(O)=C(C(=O)CC(C)C)C2c2ccccn2)cc1. The van der Waals surface area contributed by atoms with Crippen molar-refractivity contribution in [1.82, 2.24) is 4.98 Å². The van der Waals surface area contributed by atoms with Crippen molar-refractivity contribution in [2.45, 2.75) is 33.2 Å². The Morgan fingerprint density at radius 2 is 1.86 bits per heavy atom. The van der Waals surface area contributed by atoms with Crippen LogP contribution in [0.3, 0.4) is 0 Å². The number of amides is 2. The summed E-state index contributed by atoms with van der Waals surface area (Å²) in [5, 5.41) is 13.2. The number of rotatable bonds is 6. The summed E-state index contributed by atoms with van der Waals surface area (Å²) >= 11 is 0. The Hall–Kier alpha value is -3.48. The molecule has 1 unspecified atom stereocenters. The molecule has 0 bridgehead atoms. The van der Waals surface area contributed by atoms with E-state index in [9.17, 15) is 19.5 Å². The summed E-state index contributed by atoms with van der Waals surface area (Å²) in [5.41, 5.74) is 1.62. The van der Waals surface area contributed by atoms with Crippen LogP contribution in [0, 0.1) is 5.92 Å². The Labute approximate surface area is 169 Å².